The molecular weight excluding hydrogens is 326 g/mol. The topological polar surface area (TPSA) is 44.8 Å². The molecule has 2 aliphatic rings. The van der Waals surface area contributed by atoms with Gasteiger partial charge in [0, 0.05) is 25.7 Å². The monoisotopic (exact) mass is 359 g/mol. The van der Waals surface area contributed by atoms with Crippen LogP contribution >= 0.6 is 0 Å². The van der Waals surface area contributed by atoms with Crippen molar-refractivity contribution < 1.29 is 9.53 Å². The molecule has 0 spiro atoms. The Kier molecular flexibility index (Phi) is 6.68. The van der Waals surface area contributed by atoms with E-state index in [-0.39, 0.29) is 12.0 Å². The Hall–Kier alpha value is -1.43. The van der Waals surface area contributed by atoms with E-state index in [0.717, 1.165) is 39.0 Å². The summed E-state index contributed by atoms with van der Waals surface area (Å²) in [6.07, 6.45) is 1.97. The van der Waals surface area contributed by atoms with Crippen LogP contribution in [0.25, 0.3) is 0 Å². The largest absolute Gasteiger partial charge is 0.366 e. The second kappa shape index (κ2) is 8.98. The van der Waals surface area contributed by atoms with Crippen LogP contribution in [-0.2, 0) is 9.53 Å². The zero-order valence-electron chi connectivity index (χ0n) is 16.4. The summed E-state index contributed by atoms with van der Waals surface area (Å²) in [4.78, 5) is 17.0. The maximum atomic E-state index is 12.3. The second-order valence-electron chi connectivity index (χ2n) is 7.94. The van der Waals surface area contributed by atoms with E-state index < -0.39 is 0 Å². The summed E-state index contributed by atoms with van der Waals surface area (Å²) in [5, 5.41) is 3.12. The molecule has 2 atom stereocenters. The molecule has 2 unspecified atom stereocenters. The first-order chi connectivity index (χ1) is 12.5. The maximum Gasteiger partial charge on any atom is 0.250 e. The van der Waals surface area contributed by atoms with E-state index in [9.17, 15) is 4.79 Å². The highest BCUT2D eigenvalue weighted by molar-refractivity contribution is 5.81. The van der Waals surface area contributed by atoms with E-state index in [1.165, 1.54) is 11.1 Å². The molecule has 1 N–H and O–H groups in total. The van der Waals surface area contributed by atoms with Crippen molar-refractivity contribution in [2.75, 3.05) is 46.4 Å². The van der Waals surface area contributed by atoms with Gasteiger partial charge in [0.15, 0.2) is 0 Å². The fourth-order valence-electron chi connectivity index (χ4n) is 3.98. The Morgan fingerprint density at radius 1 is 1.31 bits per heavy atom. The molecule has 1 aromatic carbocycles. The number of likely N-dealkylation sites (tertiary alicyclic amines) is 1. The fraction of sp³-hybridized carbons (Fsp3) is 0.667. The number of hydrogen-bond donors (Lipinski definition) is 1. The molecule has 2 saturated heterocycles. The Balaban J connectivity index is 1.41. The zero-order valence-corrected chi connectivity index (χ0v) is 16.4. The second-order valence-corrected chi connectivity index (χ2v) is 7.94. The van der Waals surface area contributed by atoms with E-state index in [4.69, 9.17) is 4.74 Å². The normalized spacial score (nSPS) is 24.3. The van der Waals surface area contributed by atoms with Gasteiger partial charge in [0.25, 0.3) is 0 Å². The smallest absolute Gasteiger partial charge is 0.250 e. The number of nitrogens with zero attached hydrogens (tertiary/aromatic N) is 2. The molecule has 2 fully saturated rings. The number of carbonyl (C=O) groups excluding carboxylic acids is 1. The predicted molar refractivity (Wildman–Crippen MR) is 104 cm³/mol. The van der Waals surface area contributed by atoms with Crippen molar-refractivity contribution in [1.29, 1.82) is 0 Å². The lowest BCUT2D eigenvalue weighted by Gasteiger charge is -2.36. The van der Waals surface area contributed by atoms with Gasteiger partial charge in [-0.25, -0.2) is 0 Å². The minimum Gasteiger partial charge on any atom is -0.366 e. The maximum absolute atomic E-state index is 12.3. The van der Waals surface area contributed by atoms with E-state index >= 15 is 0 Å². The van der Waals surface area contributed by atoms with Gasteiger partial charge in [0.1, 0.15) is 6.10 Å². The number of hydrogen-bond acceptors (Lipinski definition) is 4. The van der Waals surface area contributed by atoms with Crippen LogP contribution in [0.4, 0.5) is 0 Å². The number of ether oxygens (including phenoxy) is 1. The molecule has 0 aliphatic carbocycles. The number of morpholine rings is 1. The molecule has 1 aromatic rings. The Labute approximate surface area is 157 Å². The quantitative estimate of drug-likeness (QED) is 0.876. The number of aryl methyl sites for hydroxylation is 1. The third-order valence-corrected chi connectivity index (χ3v) is 5.85. The van der Waals surface area contributed by atoms with E-state index in [1.807, 2.05) is 7.05 Å². The average Bonchev–Trinajstić information content (AvgIpc) is 2.66. The van der Waals surface area contributed by atoms with Crippen LogP contribution in [0.3, 0.4) is 0 Å². The van der Waals surface area contributed by atoms with Gasteiger partial charge >= 0.3 is 0 Å². The van der Waals surface area contributed by atoms with Crippen LogP contribution < -0.4 is 5.32 Å². The Morgan fingerprint density at radius 2 is 2.08 bits per heavy atom. The van der Waals surface area contributed by atoms with E-state index in [0.29, 0.717) is 25.1 Å². The fourth-order valence-corrected chi connectivity index (χ4v) is 3.98. The summed E-state index contributed by atoms with van der Waals surface area (Å²) in [5.41, 5.74) is 2.72. The minimum absolute atomic E-state index is 0.0482. The lowest BCUT2D eigenvalue weighted by Crippen LogP contribution is -2.49. The number of piperidine rings is 1. The van der Waals surface area contributed by atoms with Gasteiger partial charge < -0.3 is 15.0 Å². The van der Waals surface area contributed by atoms with Crippen LogP contribution in [0.5, 0.6) is 0 Å². The molecular formula is C21H33N3O2. The summed E-state index contributed by atoms with van der Waals surface area (Å²) >= 11 is 0. The van der Waals surface area contributed by atoms with Crippen molar-refractivity contribution in [3.8, 4) is 0 Å². The summed E-state index contributed by atoms with van der Waals surface area (Å²) in [7, 11) is 2.04. The molecule has 5 nitrogen and oxygen atoms in total. The van der Waals surface area contributed by atoms with Gasteiger partial charge in [0.2, 0.25) is 5.91 Å². The molecule has 2 heterocycles. The zero-order chi connectivity index (χ0) is 18.5. The van der Waals surface area contributed by atoms with E-state index in [1.54, 1.807) is 0 Å². The summed E-state index contributed by atoms with van der Waals surface area (Å²) in [5.74, 6) is 0.619. The van der Waals surface area contributed by atoms with Crippen molar-refractivity contribution >= 4 is 5.91 Å². The molecule has 26 heavy (non-hydrogen) atoms. The number of likely N-dealkylation sites (N-methyl/N-ethyl adjacent to an activating group) is 1. The molecule has 0 aromatic heterocycles. The third kappa shape index (κ3) is 5.06. The molecule has 3 rings (SSSR count). The SMILES string of the molecule is Cc1cccc(C(C)N2CCC(CNC(=O)C3CN(C)CCO3)CC2)c1. The van der Waals surface area contributed by atoms with Crippen molar-refractivity contribution in [1.82, 2.24) is 15.1 Å². The van der Waals surface area contributed by atoms with Gasteiger partial charge in [0.05, 0.1) is 6.61 Å². The molecule has 0 bridgehead atoms. The van der Waals surface area contributed by atoms with Crippen molar-refractivity contribution in [3.63, 3.8) is 0 Å². The summed E-state index contributed by atoms with van der Waals surface area (Å²) < 4.78 is 5.60. The molecule has 0 radical (unpaired) electrons. The number of rotatable bonds is 5. The van der Waals surface area contributed by atoms with Gasteiger partial charge in [-0.05, 0) is 58.3 Å². The predicted octanol–water partition coefficient (Wildman–Crippen LogP) is 2.21. The van der Waals surface area contributed by atoms with Crippen LogP contribution in [0.15, 0.2) is 24.3 Å². The highest BCUT2D eigenvalue weighted by atomic mass is 16.5. The molecule has 5 heteroatoms. The van der Waals surface area contributed by atoms with E-state index in [2.05, 4.69) is 53.2 Å². The average molecular weight is 360 g/mol. The van der Waals surface area contributed by atoms with Crippen molar-refractivity contribution in [3.05, 3.63) is 35.4 Å². The summed E-state index contributed by atoms with van der Waals surface area (Å²) in [6, 6.07) is 9.27. The van der Waals surface area contributed by atoms with Crippen molar-refractivity contribution in [2.24, 2.45) is 5.92 Å². The standard InChI is InChI=1S/C21H33N3O2/c1-16-5-4-6-19(13-16)17(2)24-9-7-18(8-10-24)14-22-21(25)20-15-23(3)11-12-26-20/h4-6,13,17-18,20H,7-12,14-15H2,1-3H3,(H,22,25). The lowest BCUT2D eigenvalue weighted by atomic mass is 9.94. The Morgan fingerprint density at radius 3 is 2.77 bits per heavy atom. The lowest BCUT2D eigenvalue weighted by molar-refractivity contribution is -0.138. The van der Waals surface area contributed by atoms with Crippen LogP contribution in [0, 0.1) is 12.8 Å². The molecule has 144 valence electrons. The number of carbonyl (C=O) groups is 1. The van der Waals surface area contributed by atoms with Gasteiger partial charge in [-0.1, -0.05) is 29.8 Å². The number of nitrogens with one attached hydrogen (secondary N) is 1. The minimum atomic E-state index is -0.310. The van der Waals surface area contributed by atoms with Crippen molar-refractivity contribution in [2.45, 2.75) is 38.8 Å². The third-order valence-electron chi connectivity index (χ3n) is 5.85. The number of benzene rings is 1. The molecule has 0 saturated carbocycles. The molecule has 2 aliphatic heterocycles. The van der Waals surface area contributed by atoms with Crippen LogP contribution in [-0.4, -0.2) is 68.2 Å². The van der Waals surface area contributed by atoms with Crippen LogP contribution in [0.2, 0.25) is 0 Å². The Bertz CT molecular complexity index is 599. The summed E-state index contributed by atoms with van der Waals surface area (Å²) in [6.45, 7) is 9.65. The first-order valence-corrected chi connectivity index (χ1v) is 9.91. The van der Waals surface area contributed by atoms with Gasteiger partial charge in [-0.15, -0.1) is 0 Å². The first-order valence-electron chi connectivity index (χ1n) is 9.91. The first kappa shape index (κ1) is 19.3. The van der Waals surface area contributed by atoms with Crippen LogP contribution in [0.1, 0.15) is 36.9 Å². The van der Waals surface area contributed by atoms with Gasteiger partial charge in [-0.3, -0.25) is 9.69 Å². The highest BCUT2D eigenvalue weighted by Gasteiger charge is 2.27. The highest BCUT2D eigenvalue weighted by Crippen LogP contribution is 2.26. The molecule has 1 amide bonds. The van der Waals surface area contributed by atoms with Gasteiger partial charge in [-0.2, -0.15) is 0 Å². The number of amides is 1.